The average molecular weight is 547 g/mol. The third-order valence-electron chi connectivity index (χ3n) is 8.02. The Kier molecular flexibility index (Phi) is 5.98. The SMILES string of the molecule is NC1(c2ccc(-c3nc4nc(-c5ccccc5)c(-c5ccc(F)c(F)c5F)n4cc3-c3ccccc3)cc2)CCC1. The monoisotopic (exact) mass is 546 g/mol. The molecule has 1 aliphatic rings. The molecule has 41 heavy (non-hydrogen) atoms. The molecule has 1 fully saturated rings. The normalized spacial score (nSPS) is 14.2. The Bertz CT molecular complexity index is 1900. The fraction of sp³-hybridized carbons (Fsp3) is 0.118. The molecule has 6 aromatic rings. The first kappa shape index (κ1) is 25.2. The van der Waals surface area contributed by atoms with Crippen LogP contribution < -0.4 is 5.73 Å². The van der Waals surface area contributed by atoms with Gasteiger partial charge in [-0.15, -0.1) is 0 Å². The van der Waals surface area contributed by atoms with Crippen molar-refractivity contribution in [1.82, 2.24) is 14.4 Å². The van der Waals surface area contributed by atoms with E-state index in [1.54, 1.807) is 4.40 Å². The molecule has 4 aromatic carbocycles. The van der Waals surface area contributed by atoms with Crippen molar-refractivity contribution in [1.29, 1.82) is 0 Å². The van der Waals surface area contributed by atoms with Gasteiger partial charge in [-0.3, -0.25) is 4.40 Å². The number of benzene rings is 4. The molecule has 2 N–H and O–H groups in total. The summed E-state index contributed by atoms with van der Waals surface area (Å²) < 4.78 is 45.4. The second-order valence-electron chi connectivity index (χ2n) is 10.5. The highest BCUT2D eigenvalue weighted by Crippen LogP contribution is 2.41. The summed E-state index contributed by atoms with van der Waals surface area (Å²) in [5.74, 6) is -3.77. The van der Waals surface area contributed by atoms with Crippen molar-refractivity contribution in [2.45, 2.75) is 24.8 Å². The van der Waals surface area contributed by atoms with E-state index in [0.29, 0.717) is 22.7 Å². The van der Waals surface area contributed by atoms with E-state index < -0.39 is 17.5 Å². The first-order chi connectivity index (χ1) is 19.9. The van der Waals surface area contributed by atoms with Crippen LogP contribution in [0.15, 0.2) is 103 Å². The molecule has 0 radical (unpaired) electrons. The summed E-state index contributed by atoms with van der Waals surface area (Å²) in [6, 6.07) is 29.3. The number of nitrogens with two attached hydrogens (primary N) is 1. The molecule has 7 rings (SSSR count). The summed E-state index contributed by atoms with van der Waals surface area (Å²) in [4.78, 5) is 9.78. The minimum atomic E-state index is -1.53. The van der Waals surface area contributed by atoms with Crippen LogP contribution in [0.25, 0.3) is 50.7 Å². The fourth-order valence-corrected chi connectivity index (χ4v) is 5.59. The van der Waals surface area contributed by atoms with Crippen LogP contribution in [0.3, 0.4) is 0 Å². The molecule has 0 amide bonds. The summed E-state index contributed by atoms with van der Waals surface area (Å²) >= 11 is 0. The summed E-state index contributed by atoms with van der Waals surface area (Å²) in [6.45, 7) is 0. The number of hydrogen-bond acceptors (Lipinski definition) is 3. The maximum absolute atomic E-state index is 15.3. The van der Waals surface area contributed by atoms with Gasteiger partial charge in [0.15, 0.2) is 17.5 Å². The van der Waals surface area contributed by atoms with Gasteiger partial charge in [-0.25, -0.2) is 23.1 Å². The van der Waals surface area contributed by atoms with Gasteiger partial charge in [0.2, 0.25) is 5.78 Å². The van der Waals surface area contributed by atoms with Crippen LogP contribution in [0, 0.1) is 17.5 Å². The van der Waals surface area contributed by atoms with E-state index >= 15 is 4.39 Å². The maximum atomic E-state index is 15.3. The van der Waals surface area contributed by atoms with Gasteiger partial charge in [-0.2, -0.15) is 0 Å². The van der Waals surface area contributed by atoms with E-state index in [9.17, 15) is 8.78 Å². The molecule has 0 bridgehead atoms. The molecule has 1 aliphatic carbocycles. The predicted octanol–water partition coefficient (Wildman–Crippen LogP) is 8.15. The predicted molar refractivity (Wildman–Crippen MR) is 154 cm³/mol. The standard InChI is InChI=1S/C34H25F3N4/c35-27-17-16-25(28(36)29(27)37)32-31(22-10-5-2-6-11-22)40-33-39-30(26(20-41(32)33)21-8-3-1-4-9-21)23-12-14-24(15-13-23)34(38)18-7-19-34/h1-6,8-17,20H,7,18-19,38H2. The van der Waals surface area contributed by atoms with Crippen LogP contribution in [-0.2, 0) is 5.54 Å². The van der Waals surface area contributed by atoms with Crippen LogP contribution in [0.1, 0.15) is 24.8 Å². The fourth-order valence-electron chi connectivity index (χ4n) is 5.59. The number of imidazole rings is 1. The Labute approximate surface area is 235 Å². The molecule has 0 unspecified atom stereocenters. The first-order valence-corrected chi connectivity index (χ1v) is 13.5. The lowest BCUT2D eigenvalue weighted by atomic mass is 9.72. The third kappa shape index (κ3) is 4.21. The number of nitrogens with zero attached hydrogens (tertiary/aromatic N) is 3. The Morgan fingerprint density at radius 2 is 1.24 bits per heavy atom. The second-order valence-corrected chi connectivity index (χ2v) is 10.5. The molecule has 0 spiro atoms. The lowest BCUT2D eigenvalue weighted by Crippen LogP contribution is -2.43. The van der Waals surface area contributed by atoms with Crippen LogP contribution in [0.5, 0.6) is 0 Å². The zero-order valence-electron chi connectivity index (χ0n) is 22.0. The number of halogens is 3. The number of hydrogen-bond donors (Lipinski definition) is 1. The molecule has 1 saturated carbocycles. The van der Waals surface area contributed by atoms with Gasteiger partial charge in [0.05, 0.1) is 17.1 Å². The topological polar surface area (TPSA) is 56.2 Å². The Morgan fingerprint density at radius 1 is 0.634 bits per heavy atom. The van der Waals surface area contributed by atoms with E-state index in [1.165, 1.54) is 6.07 Å². The first-order valence-electron chi connectivity index (χ1n) is 13.5. The van der Waals surface area contributed by atoms with Crippen molar-refractivity contribution in [3.63, 3.8) is 0 Å². The van der Waals surface area contributed by atoms with Crippen LogP contribution in [-0.4, -0.2) is 14.4 Å². The Balaban J connectivity index is 1.51. The van der Waals surface area contributed by atoms with E-state index in [2.05, 4.69) is 12.1 Å². The number of aromatic nitrogens is 3. The van der Waals surface area contributed by atoms with Crippen LogP contribution in [0.2, 0.25) is 0 Å². The van der Waals surface area contributed by atoms with Crippen LogP contribution >= 0.6 is 0 Å². The summed E-state index contributed by atoms with van der Waals surface area (Å²) in [7, 11) is 0. The van der Waals surface area contributed by atoms with Crippen molar-refractivity contribution < 1.29 is 13.2 Å². The van der Waals surface area contributed by atoms with E-state index in [0.717, 1.165) is 47.6 Å². The Hall–Kier alpha value is -4.75. The lowest BCUT2D eigenvalue weighted by Gasteiger charge is -2.38. The van der Waals surface area contributed by atoms with Gasteiger partial charge < -0.3 is 5.73 Å². The molecule has 7 heteroatoms. The summed E-state index contributed by atoms with van der Waals surface area (Å²) in [5.41, 5.74) is 11.9. The van der Waals surface area contributed by atoms with E-state index in [1.807, 2.05) is 79.0 Å². The van der Waals surface area contributed by atoms with Gasteiger partial charge in [-0.05, 0) is 42.5 Å². The molecule has 2 aromatic heterocycles. The van der Waals surface area contributed by atoms with Crippen molar-refractivity contribution in [3.8, 4) is 44.9 Å². The molecule has 0 aliphatic heterocycles. The van der Waals surface area contributed by atoms with Crippen LogP contribution in [0.4, 0.5) is 13.2 Å². The van der Waals surface area contributed by atoms with Crippen molar-refractivity contribution in [3.05, 3.63) is 126 Å². The highest BCUT2D eigenvalue weighted by Gasteiger charge is 2.34. The van der Waals surface area contributed by atoms with Crippen molar-refractivity contribution in [2.24, 2.45) is 5.73 Å². The number of rotatable bonds is 5. The smallest absolute Gasteiger partial charge is 0.235 e. The molecular formula is C34H25F3N4. The highest BCUT2D eigenvalue weighted by atomic mass is 19.2. The molecular weight excluding hydrogens is 521 g/mol. The second kappa shape index (κ2) is 9.71. The Morgan fingerprint density at radius 3 is 1.88 bits per heavy atom. The minimum absolute atomic E-state index is 0.109. The summed E-state index contributed by atoms with van der Waals surface area (Å²) in [6.07, 6.45) is 4.89. The molecule has 2 heterocycles. The van der Waals surface area contributed by atoms with Gasteiger partial charge >= 0.3 is 0 Å². The van der Waals surface area contributed by atoms with Crippen molar-refractivity contribution in [2.75, 3.05) is 0 Å². The van der Waals surface area contributed by atoms with Crippen molar-refractivity contribution >= 4 is 5.78 Å². The van der Waals surface area contributed by atoms with Gasteiger partial charge in [0.25, 0.3) is 0 Å². The van der Waals surface area contributed by atoms with E-state index in [-0.39, 0.29) is 16.8 Å². The minimum Gasteiger partial charge on any atom is -0.321 e. The zero-order valence-corrected chi connectivity index (χ0v) is 22.0. The maximum Gasteiger partial charge on any atom is 0.235 e. The average Bonchev–Trinajstić information content (AvgIpc) is 3.37. The molecule has 0 atom stereocenters. The largest absolute Gasteiger partial charge is 0.321 e. The lowest BCUT2D eigenvalue weighted by molar-refractivity contribution is 0.253. The number of fused-ring (bicyclic) bond motifs is 1. The van der Waals surface area contributed by atoms with Gasteiger partial charge in [0.1, 0.15) is 0 Å². The molecule has 4 nitrogen and oxygen atoms in total. The summed E-state index contributed by atoms with van der Waals surface area (Å²) in [5, 5.41) is 0. The quantitative estimate of drug-likeness (QED) is 0.222. The van der Waals surface area contributed by atoms with Gasteiger partial charge in [-0.1, -0.05) is 84.9 Å². The highest BCUT2D eigenvalue weighted by molar-refractivity contribution is 5.86. The third-order valence-corrected chi connectivity index (χ3v) is 8.02. The molecule has 202 valence electrons. The zero-order chi connectivity index (χ0) is 28.1. The molecule has 0 saturated heterocycles. The van der Waals surface area contributed by atoms with E-state index in [4.69, 9.17) is 15.7 Å². The van der Waals surface area contributed by atoms with Gasteiger partial charge in [0, 0.05) is 34.0 Å².